The van der Waals surface area contributed by atoms with Gasteiger partial charge in [-0.3, -0.25) is 10.3 Å². The number of ether oxygens (including phenoxy) is 1. The number of nitrogens with zero attached hydrogens (tertiary/aromatic N) is 2. The first kappa shape index (κ1) is 19.8. The molecule has 1 aromatic rings. The van der Waals surface area contributed by atoms with Crippen LogP contribution in [0.2, 0.25) is 0 Å². The lowest BCUT2D eigenvalue weighted by atomic mass is 10.1. The van der Waals surface area contributed by atoms with Crippen LogP contribution in [-0.2, 0) is 11.4 Å². The maximum absolute atomic E-state index is 10.3. The maximum atomic E-state index is 10.3. The average molecular weight is 365 g/mol. The number of likely N-dealkylation sites (tertiary alicyclic amines) is 1. The number of hydrogen-bond donors (Lipinski definition) is 4. The van der Waals surface area contributed by atoms with Crippen molar-refractivity contribution in [2.45, 2.75) is 32.2 Å². The number of aliphatic imine (C=N–C) groups is 1. The molecular formula is C17H27N5O4. The maximum Gasteiger partial charge on any atom is 0.530 e. The van der Waals surface area contributed by atoms with E-state index in [0.29, 0.717) is 19.6 Å². The molecule has 1 aromatic carbocycles. The third-order valence-corrected chi connectivity index (χ3v) is 3.97. The Morgan fingerprint density at radius 2 is 2.12 bits per heavy atom. The van der Waals surface area contributed by atoms with Crippen LogP contribution in [0.15, 0.2) is 29.3 Å². The Kier molecular flexibility index (Phi) is 8.50. The highest BCUT2D eigenvalue weighted by molar-refractivity contribution is 5.79. The quantitative estimate of drug-likeness (QED) is 0.188. The van der Waals surface area contributed by atoms with Crippen molar-refractivity contribution in [1.29, 1.82) is 0 Å². The summed E-state index contributed by atoms with van der Waals surface area (Å²) in [7, 11) is 0. The van der Waals surface area contributed by atoms with E-state index in [4.69, 9.17) is 15.7 Å². The molecule has 1 heterocycles. The van der Waals surface area contributed by atoms with Crippen molar-refractivity contribution < 1.29 is 19.5 Å². The first-order valence-electron chi connectivity index (χ1n) is 8.78. The minimum absolute atomic E-state index is 0.0379. The van der Waals surface area contributed by atoms with Gasteiger partial charge in [0.05, 0.1) is 6.61 Å². The Morgan fingerprint density at radius 1 is 1.31 bits per heavy atom. The van der Waals surface area contributed by atoms with Gasteiger partial charge in [0.1, 0.15) is 5.75 Å². The summed E-state index contributed by atoms with van der Waals surface area (Å²) >= 11 is 0. The van der Waals surface area contributed by atoms with E-state index in [-0.39, 0.29) is 5.96 Å². The van der Waals surface area contributed by atoms with Gasteiger partial charge in [-0.1, -0.05) is 18.6 Å². The molecule has 9 nitrogen and oxygen atoms in total. The second kappa shape index (κ2) is 11.2. The summed E-state index contributed by atoms with van der Waals surface area (Å²) in [6.07, 6.45) is 3.07. The molecular weight excluding hydrogens is 338 g/mol. The number of hydrogen-bond acceptors (Lipinski definition) is 6. The van der Waals surface area contributed by atoms with Crippen LogP contribution in [0.1, 0.15) is 31.2 Å². The number of carbonyl (C=O) groups is 1. The van der Waals surface area contributed by atoms with Gasteiger partial charge >= 0.3 is 6.16 Å². The van der Waals surface area contributed by atoms with Crippen molar-refractivity contribution in [3.8, 4) is 5.75 Å². The van der Waals surface area contributed by atoms with Crippen LogP contribution >= 0.6 is 0 Å². The molecule has 1 aliphatic rings. The number of carboxylic acid groups (broad SMARTS) is 1. The van der Waals surface area contributed by atoms with Gasteiger partial charge in [0.25, 0.3) is 0 Å². The topological polar surface area (TPSA) is 121 Å². The monoisotopic (exact) mass is 365 g/mol. The molecule has 1 saturated heterocycles. The fourth-order valence-electron chi connectivity index (χ4n) is 2.75. The summed E-state index contributed by atoms with van der Waals surface area (Å²) in [6.45, 7) is 4.19. The molecule has 0 amide bonds. The van der Waals surface area contributed by atoms with E-state index in [1.54, 1.807) is 0 Å². The first-order chi connectivity index (χ1) is 12.7. The zero-order valence-corrected chi connectivity index (χ0v) is 14.8. The van der Waals surface area contributed by atoms with Crippen LogP contribution in [-0.4, -0.2) is 48.4 Å². The third-order valence-electron chi connectivity index (χ3n) is 3.97. The molecule has 0 spiro atoms. The second-order valence-corrected chi connectivity index (χ2v) is 6.03. The van der Waals surface area contributed by atoms with E-state index in [2.05, 4.69) is 37.8 Å². The van der Waals surface area contributed by atoms with Gasteiger partial charge in [-0.15, -0.1) is 0 Å². The van der Waals surface area contributed by atoms with Crippen molar-refractivity contribution >= 4 is 12.1 Å². The van der Waals surface area contributed by atoms with Crippen LogP contribution in [0.5, 0.6) is 5.75 Å². The van der Waals surface area contributed by atoms with E-state index in [0.717, 1.165) is 12.3 Å². The number of guanidine groups is 1. The molecule has 0 aromatic heterocycles. The lowest BCUT2D eigenvalue weighted by Gasteiger charge is -2.26. The predicted molar refractivity (Wildman–Crippen MR) is 97.6 cm³/mol. The van der Waals surface area contributed by atoms with E-state index in [9.17, 15) is 4.79 Å². The summed E-state index contributed by atoms with van der Waals surface area (Å²) in [5, 5.41) is 8.39. The lowest BCUT2D eigenvalue weighted by molar-refractivity contribution is 0.0670. The van der Waals surface area contributed by atoms with Gasteiger partial charge in [0.2, 0.25) is 5.96 Å². The van der Waals surface area contributed by atoms with E-state index < -0.39 is 6.16 Å². The predicted octanol–water partition coefficient (Wildman–Crippen LogP) is 1.46. The summed E-state index contributed by atoms with van der Waals surface area (Å²) in [5.74, 6) is 6.09. The SMILES string of the molecule is NNC(=NCCCOc1cccc(CN2CCCCC2)c1)NOC(=O)O. The van der Waals surface area contributed by atoms with Crippen LogP contribution in [0, 0.1) is 0 Å². The summed E-state index contributed by atoms with van der Waals surface area (Å²) in [6, 6.07) is 8.15. The summed E-state index contributed by atoms with van der Waals surface area (Å²) in [5.41, 5.74) is 5.57. The zero-order valence-electron chi connectivity index (χ0n) is 14.8. The minimum atomic E-state index is -1.47. The molecule has 144 valence electrons. The Morgan fingerprint density at radius 3 is 2.85 bits per heavy atom. The Balaban J connectivity index is 1.70. The van der Waals surface area contributed by atoms with Crippen molar-refractivity contribution in [1.82, 2.24) is 15.8 Å². The normalized spacial score (nSPS) is 15.3. The Bertz CT molecular complexity index is 590. The van der Waals surface area contributed by atoms with Gasteiger partial charge in [0.15, 0.2) is 0 Å². The minimum Gasteiger partial charge on any atom is -0.494 e. The number of hydroxylamine groups is 1. The van der Waals surface area contributed by atoms with Crippen molar-refractivity contribution in [3.63, 3.8) is 0 Å². The van der Waals surface area contributed by atoms with Crippen molar-refractivity contribution in [3.05, 3.63) is 29.8 Å². The van der Waals surface area contributed by atoms with Crippen molar-refractivity contribution in [2.75, 3.05) is 26.2 Å². The largest absolute Gasteiger partial charge is 0.530 e. The number of benzene rings is 1. The highest BCUT2D eigenvalue weighted by Crippen LogP contribution is 2.17. The van der Waals surface area contributed by atoms with E-state index in [1.807, 2.05) is 12.1 Å². The Labute approximate surface area is 153 Å². The molecule has 9 heteroatoms. The average Bonchev–Trinajstić information content (AvgIpc) is 2.65. The van der Waals surface area contributed by atoms with Gasteiger partial charge < -0.3 is 14.7 Å². The second-order valence-electron chi connectivity index (χ2n) is 6.03. The van der Waals surface area contributed by atoms with E-state index in [1.165, 1.54) is 37.9 Å². The molecule has 0 saturated carbocycles. The summed E-state index contributed by atoms with van der Waals surface area (Å²) < 4.78 is 5.76. The molecule has 2 rings (SSSR count). The molecule has 0 aliphatic carbocycles. The molecule has 0 atom stereocenters. The number of rotatable bonds is 7. The third kappa shape index (κ3) is 7.58. The fourth-order valence-corrected chi connectivity index (χ4v) is 2.75. The summed E-state index contributed by atoms with van der Waals surface area (Å²) in [4.78, 5) is 20.9. The van der Waals surface area contributed by atoms with Crippen LogP contribution < -0.4 is 21.5 Å². The fraction of sp³-hybridized carbons (Fsp3) is 0.529. The van der Waals surface area contributed by atoms with Gasteiger partial charge in [-0.2, -0.15) is 5.48 Å². The lowest BCUT2D eigenvalue weighted by Crippen LogP contribution is -2.42. The molecule has 26 heavy (non-hydrogen) atoms. The van der Waals surface area contributed by atoms with Gasteiger partial charge in [-0.05, 0) is 43.6 Å². The van der Waals surface area contributed by atoms with Crippen molar-refractivity contribution in [2.24, 2.45) is 10.8 Å². The number of nitrogens with one attached hydrogen (secondary N) is 2. The molecule has 0 radical (unpaired) electrons. The van der Waals surface area contributed by atoms with E-state index >= 15 is 0 Å². The van der Waals surface area contributed by atoms with Crippen LogP contribution in [0.4, 0.5) is 4.79 Å². The van der Waals surface area contributed by atoms with Crippen LogP contribution in [0.3, 0.4) is 0 Å². The van der Waals surface area contributed by atoms with Crippen LogP contribution in [0.25, 0.3) is 0 Å². The van der Waals surface area contributed by atoms with Gasteiger partial charge in [-0.25, -0.2) is 15.6 Å². The number of piperidine rings is 1. The molecule has 0 unspecified atom stereocenters. The first-order valence-corrected chi connectivity index (χ1v) is 8.78. The van der Waals surface area contributed by atoms with Gasteiger partial charge in [0, 0.05) is 19.5 Å². The number of hydrazine groups is 1. The highest BCUT2D eigenvalue weighted by atomic mass is 16.8. The standard InChI is InChI=1S/C17H27N5O4/c18-20-16(21-26-17(23)24)19-8-5-11-25-15-7-4-6-14(12-15)13-22-9-2-1-3-10-22/h4,6-7,12H,1-3,5,8-11,13,18H2,(H,23,24)(H2,19,20,21). The molecule has 0 bridgehead atoms. The molecule has 1 aliphatic heterocycles. The zero-order chi connectivity index (χ0) is 18.6. The molecule has 1 fully saturated rings. The smallest absolute Gasteiger partial charge is 0.494 e. The number of nitrogens with two attached hydrogens (primary N) is 1. The molecule has 5 N–H and O–H groups in total. The highest BCUT2D eigenvalue weighted by Gasteiger charge is 2.10. The Hall–Kier alpha value is -2.52.